The molecule has 0 unspecified atom stereocenters. The summed E-state index contributed by atoms with van der Waals surface area (Å²) in [6, 6.07) is 10.4. The minimum absolute atomic E-state index is 0.195. The van der Waals surface area contributed by atoms with Crippen LogP contribution in [0, 0.1) is 0 Å². The molecule has 0 aromatic heterocycles. The second-order valence-corrected chi connectivity index (χ2v) is 5.18. The quantitative estimate of drug-likeness (QED) is 0.862. The van der Waals surface area contributed by atoms with Crippen molar-refractivity contribution in [3.05, 3.63) is 35.9 Å². The maximum Gasteiger partial charge on any atom is 0.237 e. The van der Waals surface area contributed by atoms with Gasteiger partial charge in [-0.1, -0.05) is 30.3 Å². The summed E-state index contributed by atoms with van der Waals surface area (Å²) >= 11 is 0. The average Bonchev–Trinajstić information content (AvgIpc) is 2.82. The first-order chi connectivity index (χ1) is 9.19. The van der Waals surface area contributed by atoms with E-state index in [1.807, 2.05) is 30.0 Å². The van der Waals surface area contributed by atoms with E-state index in [2.05, 4.69) is 17.0 Å². The Balaban J connectivity index is 1.88. The smallest absolute Gasteiger partial charge is 0.237 e. The molecular formula is C15H23N3O. The van der Waals surface area contributed by atoms with E-state index in [-0.39, 0.29) is 11.9 Å². The van der Waals surface area contributed by atoms with Crippen LogP contribution in [0.15, 0.2) is 30.3 Å². The minimum Gasteiger partial charge on any atom is -0.338 e. The Morgan fingerprint density at radius 3 is 2.74 bits per heavy atom. The van der Waals surface area contributed by atoms with E-state index in [4.69, 9.17) is 5.73 Å². The van der Waals surface area contributed by atoms with Gasteiger partial charge in [-0.2, -0.15) is 0 Å². The van der Waals surface area contributed by atoms with E-state index in [9.17, 15) is 4.79 Å². The Kier molecular flexibility index (Phi) is 4.93. The second kappa shape index (κ2) is 6.68. The van der Waals surface area contributed by atoms with Crippen molar-refractivity contribution < 1.29 is 4.79 Å². The van der Waals surface area contributed by atoms with E-state index >= 15 is 0 Å². The summed E-state index contributed by atoms with van der Waals surface area (Å²) in [5, 5.41) is 0. The fourth-order valence-electron chi connectivity index (χ4n) is 2.48. The molecule has 1 aromatic rings. The largest absolute Gasteiger partial charge is 0.338 e. The third-order valence-electron chi connectivity index (χ3n) is 3.62. The predicted octanol–water partition coefficient (Wildman–Crippen LogP) is 1.07. The molecule has 1 fully saturated rings. The van der Waals surface area contributed by atoms with Gasteiger partial charge in [0.25, 0.3) is 0 Å². The zero-order valence-electron chi connectivity index (χ0n) is 11.6. The predicted molar refractivity (Wildman–Crippen MR) is 76.6 cm³/mol. The van der Waals surface area contributed by atoms with E-state index in [0.29, 0.717) is 13.1 Å². The summed E-state index contributed by atoms with van der Waals surface area (Å²) in [6.45, 7) is 5.74. The summed E-state index contributed by atoms with van der Waals surface area (Å²) in [4.78, 5) is 16.3. The maximum atomic E-state index is 12.3. The van der Waals surface area contributed by atoms with Gasteiger partial charge < -0.3 is 10.6 Å². The zero-order valence-corrected chi connectivity index (χ0v) is 11.6. The highest BCUT2D eigenvalue weighted by Gasteiger charge is 2.23. The number of benzene rings is 1. The SMILES string of the molecule is CCN(Cc1ccccc1)C(=O)CN1CC[C@@H](N)C1. The van der Waals surface area contributed by atoms with Crippen LogP contribution in [0.3, 0.4) is 0 Å². The number of likely N-dealkylation sites (tertiary alicyclic amines) is 1. The summed E-state index contributed by atoms with van der Waals surface area (Å²) < 4.78 is 0. The van der Waals surface area contributed by atoms with Crippen LogP contribution < -0.4 is 5.73 Å². The number of hydrogen-bond acceptors (Lipinski definition) is 3. The van der Waals surface area contributed by atoms with Crippen molar-refractivity contribution in [2.45, 2.75) is 25.9 Å². The summed E-state index contributed by atoms with van der Waals surface area (Å²) in [7, 11) is 0. The van der Waals surface area contributed by atoms with Crippen LogP contribution in [0.25, 0.3) is 0 Å². The Labute approximate surface area is 115 Å². The number of amides is 1. The Morgan fingerprint density at radius 2 is 2.16 bits per heavy atom. The molecule has 1 aromatic carbocycles. The second-order valence-electron chi connectivity index (χ2n) is 5.18. The standard InChI is InChI=1S/C15H23N3O/c1-2-18(10-13-6-4-3-5-7-13)15(19)12-17-9-8-14(16)11-17/h3-7,14H,2,8-12,16H2,1H3/t14-/m1/s1. The number of nitrogens with zero attached hydrogens (tertiary/aromatic N) is 2. The highest BCUT2D eigenvalue weighted by molar-refractivity contribution is 5.78. The highest BCUT2D eigenvalue weighted by Crippen LogP contribution is 2.09. The molecule has 1 saturated heterocycles. The number of carbonyl (C=O) groups is 1. The third kappa shape index (κ3) is 4.04. The molecule has 4 heteroatoms. The lowest BCUT2D eigenvalue weighted by molar-refractivity contribution is -0.132. The van der Waals surface area contributed by atoms with Crippen molar-refractivity contribution in [2.75, 3.05) is 26.2 Å². The van der Waals surface area contributed by atoms with E-state index in [1.54, 1.807) is 0 Å². The molecular weight excluding hydrogens is 238 g/mol. The molecule has 0 aliphatic carbocycles. The van der Waals surface area contributed by atoms with Crippen molar-refractivity contribution >= 4 is 5.91 Å². The van der Waals surface area contributed by atoms with Crippen LogP contribution in [0.1, 0.15) is 18.9 Å². The topological polar surface area (TPSA) is 49.6 Å². The lowest BCUT2D eigenvalue weighted by Crippen LogP contribution is -2.40. The van der Waals surface area contributed by atoms with Gasteiger partial charge in [-0.25, -0.2) is 0 Å². The van der Waals surface area contributed by atoms with Gasteiger partial charge in [-0.05, 0) is 18.9 Å². The number of nitrogens with two attached hydrogens (primary N) is 1. The molecule has 4 nitrogen and oxygen atoms in total. The van der Waals surface area contributed by atoms with Gasteiger partial charge in [0.15, 0.2) is 0 Å². The number of hydrogen-bond donors (Lipinski definition) is 1. The molecule has 1 amide bonds. The van der Waals surface area contributed by atoms with Gasteiger partial charge in [0.1, 0.15) is 0 Å². The van der Waals surface area contributed by atoms with Gasteiger partial charge in [-0.15, -0.1) is 0 Å². The fraction of sp³-hybridized carbons (Fsp3) is 0.533. The maximum absolute atomic E-state index is 12.3. The average molecular weight is 261 g/mol. The molecule has 2 rings (SSSR count). The van der Waals surface area contributed by atoms with Crippen molar-refractivity contribution in [3.8, 4) is 0 Å². The third-order valence-corrected chi connectivity index (χ3v) is 3.62. The van der Waals surface area contributed by atoms with Gasteiger partial charge in [0.2, 0.25) is 5.91 Å². The molecule has 0 radical (unpaired) electrons. The molecule has 1 aliphatic rings. The lowest BCUT2D eigenvalue weighted by Gasteiger charge is -2.24. The van der Waals surface area contributed by atoms with Crippen LogP contribution in [0.5, 0.6) is 0 Å². The molecule has 0 bridgehead atoms. The number of rotatable bonds is 5. The summed E-state index contributed by atoms with van der Waals surface area (Å²) in [6.07, 6.45) is 0.998. The molecule has 2 N–H and O–H groups in total. The number of carbonyl (C=O) groups excluding carboxylic acids is 1. The lowest BCUT2D eigenvalue weighted by atomic mass is 10.2. The van der Waals surface area contributed by atoms with Gasteiger partial charge in [-0.3, -0.25) is 9.69 Å². The van der Waals surface area contributed by atoms with E-state index in [0.717, 1.165) is 26.1 Å². The van der Waals surface area contributed by atoms with E-state index < -0.39 is 0 Å². The van der Waals surface area contributed by atoms with Gasteiger partial charge >= 0.3 is 0 Å². The van der Waals surface area contributed by atoms with Crippen molar-refractivity contribution in [1.82, 2.24) is 9.80 Å². The van der Waals surface area contributed by atoms with Crippen LogP contribution in [-0.4, -0.2) is 47.9 Å². The summed E-state index contributed by atoms with van der Waals surface area (Å²) in [5.74, 6) is 0.195. The van der Waals surface area contributed by atoms with Gasteiger partial charge in [0, 0.05) is 32.2 Å². The Hall–Kier alpha value is -1.39. The van der Waals surface area contributed by atoms with Crippen molar-refractivity contribution in [2.24, 2.45) is 5.73 Å². The Bertz CT molecular complexity index is 407. The number of likely N-dealkylation sites (N-methyl/N-ethyl adjacent to an activating group) is 1. The molecule has 19 heavy (non-hydrogen) atoms. The monoisotopic (exact) mass is 261 g/mol. The summed E-state index contributed by atoms with van der Waals surface area (Å²) in [5.41, 5.74) is 7.04. The first-order valence-electron chi connectivity index (χ1n) is 6.98. The highest BCUT2D eigenvalue weighted by atomic mass is 16.2. The van der Waals surface area contributed by atoms with Crippen molar-refractivity contribution in [1.29, 1.82) is 0 Å². The fourth-order valence-corrected chi connectivity index (χ4v) is 2.48. The molecule has 1 aliphatic heterocycles. The molecule has 0 saturated carbocycles. The first kappa shape index (κ1) is 14.0. The Morgan fingerprint density at radius 1 is 1.42 bits per heavy atom. The van der Waals surface area contributed by atoms with Crippen LogP contribution in [0.2, 0.25) is 0 Å². The van der Waals surface area contributed by atoms with Crippen LogP contribution in [0.4, 0.5) is 0 Å². The van der Waals surface area contributed by atoms with E-state index in [1.165, 1.54) is 5.56 Å². The molecule has 104 valence electrons. The minimum atomic E-state index is 0.195. The molecule has 0 spiro atoms. The van der Waals surface area contributed by atoms with Gasteiger partial charge in [0.05, 0.1) is 6.54 Å². The normalized spacial score (nSPS) is 19.6. The molecule has 1 heterocycles. The molecule has 1 atom stereocenters. The first-order valence-corrected chi connectivity index (χ1v) is 6.98. The van der Waals surface area contributed by atoms with Crippen LogP contribution in [-0.2, 0) is 11.3 Å². The zero-order chi connectivity index (χ0) is 13.7. The van der Waals surface area contributed by atoms with Crippen molar-refractivity contribution in [3.63, 3.8) is 0 Å². The van der Waals surface area contributed by atoms with Crippen LogP contribution >= 0.6 is 0 Å².